The zero-order valence-electron chi connectivity index (χ0n) is 20.5. The second kappa shape index (κ2) is 10.4. The maximum Gasteiger partial charge on any atom is 0.258 e. The smallest absolute Gasteiger partial charge is 0.258 e. The molecule has 0 aliphatic carbocycles. The van der Waals surface area contributed by atoms with Gasteiger partial charge in [-0.05, 0) is 56.2 Å². The first-order chi connectivity index (χ1) is 17.2. The summed E-state index contributed by atoms with van der Waals surface area (Å²) in [5.74, 6) is 2.35. The maximum atomic E-state index is 13.5. The summed E-state index contributed by atoms with van der Waals surface area (Å²) < 4.78 is 11.1. The van der Waals surface area contributed by atoms with Gasteiger partial charge in [0.05, 0.1) is 30.7 Å². The molecule has 2 aromatic carbocycles. The first-order valence-electron chi connectivity index (χ1n) is 12.5. The number of aromatic nitrogens is 2. The van der Waals surface area contributed by atoms with E-state index >= 15 is 0 Å². The van der Waals surface area contributed by atoms with Gasteiger partial charge in [0.15, 0.2) is 5.82 Å². The quantitative estimate of drug-likeness (QED) is 0.539. The van der Waals surface area contributed by atoms with Crippen LogP contribution in [0.1, 0.15) is 19.8 Å². The number of anilines is 2. The first-order valence-corrected chi connectivity index (χ1v) is 12.5. The summed E-state index contributed by atoms with van der Waals surface area (Å²) in [6.45, 7) is 7.11. The molecule has 2 aliphatic heterocycles. The van der Waals surface area contributed by atoms with Gasteiger partial charge in [-0.15, -0.1) is 0 Å². The third kappa shape index (κ3) is 4.97. The lowest BCUT2D eigenvalue weighted by Crippen LogP contribution is -2.52. The highest BCUT2D eigenvalue weighted by atomic mass is 16.5. The lowest BCUT2D eigenvalue weighted by atomic mass is 9.96. The van der Waals surface area contributed by atoms with Crippen LogP contribution < -0.4 is 19.3 Å². The molecule has 2 saturated heterocycles. The van der Waals surface area contributed by atoms with Crippen LogP contribution in [0.25, 0.3) is 11.0 Å². The third-order valence-electron chi connectivity index (χ3n) is 6.90. The molecule has 0 spiro atoms. The van der Waals surface area contributed by atoms with E-state index in [-0.39, 0.29) is 11.8 Å². The van der Waals surface area contributed by atoms with Gasteiger partial charge < -0.3 is 24.2 Å². The van der Waals surface area contributed by atoms with Gasteiger partial charge >= 0.3 is 0 Å². The van der Waals surface area contributed by atoms with Gasteiger partial charge in [-0.1, -0.05) is 12.1 Å². The lowest BCUT2D eigenvalue weighted by molar-refractivity contribution is -0.136. The van der Waals surface area contributed by atoms with Crippen LogP contribution in [-0.2, 0) is 4.79 Å². The molecule has 5 rings (SSSR count). The van der Waals surface area contributed by atoms with E-state index in [1.807, 2.05) is 48.2 Å². The molecule has 0 unspecified atom stereocenters. The number of carbonyl (C=O) groups is 1. The molecule has 0 radical (unpaired) electrons. The van der Waals surface area contributed by atoms with Gasteiger partial charge in [0.1, 0.15) is 5.75 Å². The van der Waals surface area contributed by atoms with E-state index in [1.165, 1.54) is 5.69 Å². The van der Waals surface area contributed by atoms with E-state index < -0.39 is 0 Å². The number of piperidine rings is 1. The number of rotatable bonds is 6. The van der Waals surface area contributed by atoms with E-state index in [0.717, 1.165) is 68.2 Å². The zero-order valence-corrected chi connectivity index (χ0v) is 20.5. The molecule has 3 aromatic rings. The average Bonchev–Trinajstić information content (AvgIpc) is 2.92. The van der Waals surface area contributed by atoms with Crippen LogP contribution in [0.4, 0.5) is 11.5 Å². The normalized spacial score (nSPS) is 18.6. The summed E-state index contributed by atoms with van der Waals surface area (Å²) in [6.07, 6.45) is 1.85. The van der Waals surface area contributed by atoms with E-state index in [1.54, 1.807) is 7.11 Å². The first kappa shape index (κ1) is 23.2. The number of carbonyl (C=O) groups excluding carboxylic acids is 1. The Bertz CT molecular complexity index is 1160. The fraction of sp³-hybridized carbons (Fsp3) is 0.444. The topological polar surface area (TPSA) is 71.0 Å². The summed E-state index contributed by atoms with van der Waals surface area (Å²) in [5.41, 5.74) is 2.83. The summed E-state index contributed by atoms with van der Waals surface area (Å²) in [5, 5.41) is 0. The molecule has 184 valence electrons. The number of piperazine rings is 1. The highest BCUT2D eigenvalue weighted by Crippen LogP contribution is 2.31. The Morgan fingerprint density at radius 2 is 1.66 bits per heavy atom. The standard InChI is InChI=1S/C27H33N5O3/c1-3-35-26-25(28-23-8-4-5-9-24(23)29-26)32-14-6-7-20(19-32)27(33)31-17-15-30(16-18-31)21-10-12-22(34-2)13-11-21/h4-5,8-13,20H,3,6-7,14-19H2,1-2H3/t20-/m0/s1. The van der Waals surface area contributed by atoms with Gasteiger partial charge in [0.25, 0.3) is 5.88 Å². The van der Waals surface area contributed by atoms with Crippen LogP contribution >= 0.6 is 0 Å². The third-order valence-corrected chi connectivity index (χ3v) is 6.90. The second-order valence-corrected chi connectivity index (χ2v) is 9.07. The van der Waals surface area contributed by atoms with Crippen molar-refractivity contribution in [2.24, 2.45) is 5.92 Å². The van der Waals surface area contributed by atoms with E-state index in [4.69, 9.17) is 19.4 Å². The van der Waals surface area contributed by atoms with Crippen molar-refractivity contribution in [2.45, 2.75) is 19.8 Å². The number of hydrogen-bond acceptors (Lipinski definition) is 7. The molecule has 2 aliphatic rings. The number of nitrogens with zero attached hydrogens (tertiary/aromatic N) is 5. The fourth-order valence-electron chi connectivity index (χ4n) is 5.02. The van der Waals surface area contributed by atoms with E-state index in [0.29, 0.717) is 19.0 Å². The van der Waals surface area contributed by atoms with Crippen LogP contribution in [0, 0.1) is 5.92 Å². The summed E-state index contributed by atoms with van der Waals surface area (Å²) in [6, 6.07) is 16.0. The minimum Gasteiger partial charge on any atom is -0.497 e. The van der Waals surface area contributed by atoms with Crippen molar-refractivity contribution >= 4 is 28.4 Å². The van der Waals surface area contributed by atoms with Crippen molar-refractivity contribution in [1.82, 2.24) is 14.9 Å². The summed E-state index contributed by atoms with van der Waals surface area (Å²) in [4.78, 5) is 29.6. The Balaban J connectivity index is 1.25. The highest BCUT2D eigenvalue weighted by molar-refractivity contribution is 5.81. The summed E-state index contributed by atoms with van der Waals surface area (Å²) in [7, 11) is 1.68. The predicted octanol–water partition coefficient (Wildman–Crippen LogP) is 3.60. The van der Waals surface area contributed by atoms with Crippen molar-refractivity contribution < 1.29 is 14.3 Å². The largest absolute Gasteiger partial charge is 0.497 e. The van der Waals surface area contributed by atoms with Crippen molar-refractivity contribution in [2.75, 3.05) is 62.8 Å². The van der Waals surface area contributed by atoms with Crippen molar-refractivity contribution in [3.63, 3.8) is 0 Å². The number of fused-ring (bicyclic) bond motifs is 1. The Morgan fingerprint density at radius 1 is 0.943 bits per heavy atom. The van der Waals surface area contributed by atoms with Crippen LogP contribution in [0.15, 0.2) is 48.5 Å². The van der Waals surface area contributed by atoms with Crippen molar-refractivity contribution in [1.29, 1.82) is 0 Å². The maximum absolute atomic E-state index is 13.5. The Labute approximate surface area is 206 Å². The Kier molecular flexibility index (Phi) is 6.88. The summed E-state index contributed by atoms with van der Waals surface area (Å²) >= 11 is 0. The molecule has 8 nitrogen and oxygen atoms in total. The lowest BCUT2D eigenvalue weighted by Gasteiger charge is -2.40. The SMILES string of the molecule is CCOc1nc2ccccc2nc1N1CCC[C@H](C(=O)N2CCN(c3ccc(OC)cc3)CC2)C1. The van der Waals surface area contributed by atoms with Crippen molar-refractivity contribution in [3.05, 3.63) is 48.5 Å². The van der Waals surface area contributed by atoms with Crippen LogP contribution in [0.2, 0.25) is 0 Å². The minimum atomic E-state index is -0.0426. The number of benzene rings is 2. The molecular formula is C27H33N5O3. The Hall–Kier alpha value is -3.55. The molecule has 3 heterocycles. The van der Waals surface area contributed by atoms with Gasteiger partial charge in [-0.2, -0.15) is 0 Å². The van der Waals surface area contributed by atoms with Gasteiger partial charge in [0.2, 0.25) is 5.91 Å². The van der Waals surface area contributed by atoms with Crippen LogP contribution in [0.5, 0.6) is 11.6 Å². The molecule has 1 atom stereocenters. The van der Waals surface area contributed by atoms with E-state index in [2.05, 4.69) is 21.9 Å². The van der Waals surface area contributed by atoms with Gasteiger partial charge in [0, 0.05) is 45.0 Å². The molecule has 1 amide bonds. The average molecular weight is 476 g/mol. The number of hydrogen-bond donors (Lipinski definition) is 0. The van der Waals surface area contributed by atoms with Crippen molar-refractivity contribution in [3.8, 4) is 11.6 Å². The minimum absolute atomic E-state index is 0.0426. The number of para-hydroxylation sites is 2. The number of ether oxygens (including phenoxy) is 2. The molecule has 0 N–H and O–H groups in total. The molecule has 2 fully saturated rings. The Morgan fingerprint density at radius 3 is 2.34 bits per heavy atom. The molecule has 1 aromatic heterocycles. The molecule has 0 saturated carbocycles. The second-order valence-electron chi connectivity index (χ2n) is 9.07. The molecule has 35 heavy (non-hydrogen) atoms. The monoisotopic (exact) mass is 475 g/mol. The fourth-order valence-corrected chi connectivity index (χ4v) is 5.02. The molecular weight excluding hydrogens is 442 g/mol. The van der Waals surface area contributed by atoms with Crippen LogP contribution in [-0.4, -0.2) is 73.8 Å². The number of amides is 1. The van der Waals surface area contributed by atoms with Gasteiger partial charge in [-0.25, -0.2) is 9.97 Å². The van der Waals surface area contributed by atoms with E-state index in [9.17, 15) is 4.79 Å². The van der Waals surface area contributed by atoms with Gasteiger partial charge in [-0.3, -0.25) is 4.79 Å². The zero-order chi connectivity index (χ0) is 24.2. The molecule has 0 bridgehead atoms. The number of methoxy groups -OCH3 is 1. The highest BCUT2D eigenvalue weighted by Gasteiger charge is 2.33. The molecule has 8 heteroatoms. The predicted molar refractivity (Wildman–Crippen MR) is 137 cm³/mol. The van der Waals surface area contributed by atoms with Crippen LogP contribution in [0.3, 0.4) is 0 Å².